The van der Waals surface area contributed by atoms with Crippen LogP contribution in [0.2, 0.25) is 0 Å². The lowest BCUT2D eigenvalue weighted by atomic mass is 9.83. The molecule has 1 aromatic heterocycles. The Bertz CT molecular complexity index is 1020. The second-order valence-electron chi connectivity index (χ2n) is 9.40. The van der Waals surface area contributed by atoms with Crippen molar-refractivity contribution in [3.05, 3.63) is 47.3 Å². The van der Waals surface area contributed by atoms with Crippen LogP contribution in [0.25, 0.3) is 0 Å². The average molecular weight is 463 g/mol. The fraction of sp³-hybridized carbons (Fsp3) is 0.565. The summed E-state index contributed by atoms with van der Waals surface area (Å²) in [4.78, 5) is 23.3. The first-order chi connectivity index (χ1) is 15.8. The van der Waals surface area contributed by atoms with Crippen LogP contribution < -0.4 is 5.32 Å². The predicted molar refractivity (Wildman–Crippen MR) is 118 cm³/mol. The van der Waals surface area contributed by atoms with Gasteiger partial charge in [0, 0.05) is 69.7 Å². The molecule has 10 heteroatoms. The van der Waals surface area contributed by atoms with E-state index in [2.05, 4.69) is 21.3 Å². The first-order valence-electron chi connectivity index (χ1n) is 11.4. The number of nitrogens with zero attached hydrogens (tertiary/aromatic N) is 5. The van der Waals surface area contributed by atoms with Gasteiger partial charge in [0.2, 0.25) is 5.95 Å². The Hall–Kier alpha value is -2.59. The molecule has 3 heterocycles. The van der Waals surface area contributed by atoms with Crippen molar-refractivity contribution >= 4 is 11.9 Å². The van der Waals surface area contributed by atoms with Crippen molar-refractivity contribution in [3.63, 3.8) is 0 Å². The smallest absolute Gasteiger partial charge is 0.359 e. The third-order valence-corrected chi connectivity index (χ3v) is 7.07. The molecule has 1 saturated heterocycles. The lowest BCUT2D eigenvalue weighted by Crippen LogP contribution is -2.49. The molecule has 2 aliphatic heterocycles. The van der Waals surface area contributed by atoms with Gasteiger partial charge in [-0.05, 0) is 30.0 Å². The summed E-state index contributed by atoms with van der Waals surface area (Å²) in [5.74, 6) is 0.743. The first kappa shape index (κ1) is 22.2. The van der Waals surface area contributed by atoms with E-state index >= 15 is 0 Å². The first-order valence-corrected chi connectivity index (χ1v) is 11.4. The largest absolute Gasteiger partial charge is 0.401 e. The van der Waals surface area contributed by atoms with Gasteiger partial charge in [-0.25, -0.2) is 4.98 Å². The molecule has 0 radical (unpaired) electrons. The molecular formula is C23H29F3N6O. The number of hydrogen-bond donors (Lipinski definition) is 1. The van der Waals surface area contributed by atoms with Crippen LogP contribution >= 0.6 is 0 Å². The number of rotatable bonds is 6. The predicted octanol–water partition coefficient (Wildman–Crippen LogP) is 2.75. The Kier molecular flexibility index (Phi) is 5.60. The van der Waals surface area contributed by atoms with Crippen molar-refractivity contribution in [1.82, 2.24) is 24.3 Å². The molecule has 1 amide bonds. The Morgan fingerprint density at radius 1 is 1.12 bits per heavy atom. The maximum atomic E-state index is 13.4. The van der Waals surface area contributed by atoms with Gasteiger partial charge in [0.25, 0.3) is 5.91 Å². The van der Waals surface area contributed by atoms with Crippen molar-refractivity contribution < 1.29 is 18.0 Å². The van der Waals surface area contributed by atoms with Crippen molar-refractivity contribution in [3.8, 4) is 0 Å². The zero-order chi connectivity index (χ0) is 23.2. The Morgan fingerprint density at radius 3 is 2.52 bits per heavy atom. The summed E-state index contributed by atoms with van der Waals surface area (Å²) in [6.45, 7) is 2.96. The lowest BCUT2D eigenvalue weighted by Gasteiger charge is -2.38. The van der Waals surface area contributed by atoms with Crippen molar-refractivity contribution in [2.24, 2.45) is 0 Å². The molecule has 1 spiro atoms. The normalized spacial score (nSPS) is 20.8. The number of anilines is 1. The highest BCUT2D eigenvalue weighted by molar-refractivity contribution is 5.98. The molecule has 2 aromatic rings. The third kappa shape index (κ3) is 4.46. The molecule has 7 nitrogen and oxygen atoms in total. The van der Waals surface area contributed by atoms with E-state index in [-0.39, 0.29) is 11.3 Å². The summed E-state index contributed by atoms with van der Waals surface area (Å²) >= 11 is 0. The molecule has 3 aliphatic rings. The number of piperazine rings is 1. The number of imidazole rings is 1. The standard InChI is InChI=1S/C23H29F3N6O/c1-27-21-28-7-8-31(21)16-32-14-22(5-6-22)19-17(3-2-4-18(19)20(32)33)13-29-9-11-30(12-10-29)15-23(24,25)26/h2-4,7-8H,5-6,9-16H2,1H3,(H,27,28). The SMILES string of the molecule is CNc1nccn1CN1CC2(CC2)c2c(CN3CCN(CC(F)(F)F)CC3)cccc2C1=O. The minimum atomic E-state index is -4.16. The number of carbonyl (C=O) groups is 1. The van der Waals surface area contributed by atoms with Crippen LogP contribution in [-0.4, -0.2) is 82.7 Å². The van der Waals surface area contributed by atoms with Gasteiger partial charge in [-0.1, -0.05) is 12.1 Å². The zero-order valence-electron chi connectivity index (χ0n) is 18.7. The number of alkyl halides is 3. The van der Waals surface area contributed by atoms with Gasteiger partial charge in [0.1, 0.15) is 6.67 Å². The van der Waals surface area contributed by atoms with Gasteiger partial charge in [0.05, 0.1) is 6.54 Å². The van der Waals surface area contributed by atoms with E-state index in [9.17, 15) is 18.0 Å². The van der Waals surface area contributed by atoms with Crippen LogP contribution in [0.1, 0.15) is 34.3 Å². The molecule has 2 fully saturated rings. The van der Waals surface area contributed by atoms with E-state index < -0.39 is 12.7 Å². The monoisotopic (exact) mass is 462 g/mol. The second-order valence-corrected chi connectivity index (χ2v) is 9.40. The minimum absolute atomic E-state index is 0.0155. The van der Waals surface area contributed by atoms with Crippen LogP contribution in [0.5, 0.6) is 0 Å². The Labute approximate surface area is 191 Å². The molecule has 0 unspecified atom stereocenters. The molecule has 1 aliphatic carbocycles. The van der Waals surface area contributed by atoms with E-state index in [0.717, 1.165) is 35.5 Å². The number of halogens is 3. The number of amides is 1. The van der Waals surface area contributed by atoms with Crippen molar-refractivity contribution in [2.75, 3.05) is 51.6 Å². The summed E-state index contributed by atoms with van der Waals surface area (Å²) < 4.78 is 40.0. The molecule has 1 saturated carbocycles. The van der Waals surface area contributed by atoms with Crippen LogP contribution in [0.3, 0.4) is 0 Å². The van der Waals surface area contributed by atoms with Crippen LogP contribution in [0, 0.1) is 0 Å². The summed E-state index contributed by atoms with van der Waals surface area (Å²) in [7, 11) is 1.81. The van der Waals surface area contributed by atoms with Gasteiger partial charge < -0.3 is 10.2 Å². The lowest BCUT2D eigenvalue weighted by molar-refractivity contribution is -0.149. The van der Waals surface area contributed by atoms with Gasteiger partial charge in [-0.3, -0.25) is 19.2 Å². The topological polar surface area (TPSA) is 56.6 Å². The Balaban J connectivity index is 1.32. The summed E-state index contributed by atoms with van der Waals surface area (Å²) in [6, 6.07) is 5.93. The van der Waals surface area contributed by atoms with Gasteiger partial charge in [0.15, 0.2) is 0 Å². The second kappa shape index (κ2) is 8.32. The molecule has 33 heavy (non-hydrogen) atoms. The molecular weight excluding hydrogens is 433 g/mol. The number of fused-ring (bicyclic) bond motifs is 2. The minimum Gasteiger partial charge on any atom is -0.359 e. The molecule has 1 aromatic carbocycles. The zero-order valence-corrected chi connectivity index (χ0v) is 18.7. The summed E-state index contributed by atoms with van der Waals surface area (Å²) in [6.07, 6.45) is 1.51. The highest BCUT2D eigenvalue weighted by atomic mass is 19.4. The van der Waals surface area contributed by atoms with E-state index in [0.29, 0.717) is 45.9 Å². The number of carbonyl (C=O) groups excluding carboxylic acids is 1. The van der Waals surface area contributed by atoms with Crippen LogP contribution in [-0.2, 0) is 18.6 Å². The molecule has 1 N–H and O–H groups in total. The number of hydrogen-bond acceptors (Lipinski definition) is 5. The van der Waals surface area contributed by atoms with E-state index in [4.69, 9.17) is 0 Å². The fourth-order valence-electron chi connectivity index (χ4n) is 5.33. The molecule has 178 valence electrons. The van der Waals surface area contributed by atoms with Crippen LogP contribution in [0.15, 0.2) is 30.6 Å². The van der Waals surface area contributed by atoms with Gasteiger partial charge in [-0.2, -0.15) is 13.2 Å². The molecule has 0 bridgehead atoms. The van der Waals surface area contributed by atoms with Gasteiger partial charge in [-0.15, -0.1) is 0 Å². The Morgan fingerprint density at radius 2 is 1.85 bits per heavy atom. The quantitative estimate of drug-likeness (QED) is 0.716. The molecule has 5 rings (SSSR count). The van der Waals surface area contributed by atoms with E-state index in [1.165, 1.54) is 4.90 Å². The van der Waals surface area contributed by atoms with Crippen molar-refractivity contribution in [1.29, 1.82) is 0 Å². The highest BCUT2D eigenvalue weighted by Gasteiger charge is 2.52. The van der Waals surface area contributed by atoms with Crippen molar-refractivity contribution in [2.45, 2.75) is 37.6 Å². The molecule has 0 atom stereocenters. The maximum Gasteiger partial charge on any atom is 0.401 e. The van der Waals surface area contributed by atoms with E-state index in [1.54, 1.807) is 6.20 Å². The number of aromatic nitrogens is 2. The average Bonchev–Trinajstić information content (AvgIpc) is 3.39. The fourth-order valence-corrected chi connectivity index (χ4v) is 5.33. The maximum absolute atomic E-state index is 13.4. The summed E-state index contributed by atoms with van der Waals surface area (Å²) in [5, 5.41) is 3.05. The highest BCUT2D eigenvalue weighted by Crippen LogP contribution is 2.53. The number of nitrogens with one attached hydrogen (secondary N) is 1. The number of benzene rings is 1. The van der Waals surface area contributed by atoms with E-state index in [1.807, 2.05) is 34.8 Å². The third-order valence-electron chi connectivity index (χ3n) is 7.07. The van der Waals surface area contributed by atoms with Gasteiger partial charge >= 0.3 is 6.18 Å². The summed E-state index contributed by atoms with van der Waals surface area (Å²) in [5.41, 5.74) is 3.04. The van der Waals surface area contributed by atoms with Crippen LogP contribution in [0.4, 0.5) is 19.1 Å².